The van der Waals surface area contributed by atoms with Crippen LogP contribution in [-0.2, 0) is 35.9 Å². The molecule has 29 heteroatoms. The van der Waals surface area contributed by atoms with Crippen molar-refractivity contribution in [1.29, 1.82) is 0 Å². The number of aryl methyl sites for hydroxylation is 4. The van der Waals surface area contributed by atoms with Crippen molar-refractivity contribution in [3.8, 4) is 22.9 Å². The molecule has 24 nitrogen and oxygen atoms in total. The van der Waals surface area contributed by atoms with Crippen LogP contribution in [-0.4, -0.2) is 105 Å². The fourth-order valence-corrected chi connectivity index (χ4v) is 12.7. The molecule has 0 unspecified atom stereocenters. The summed E-state index contributed by atoms with van der Waals surface area (Å²) in [5, 5.41) is 33.5. The molecule has 8 aromatic heterocycles. The molecule has 2 atom stereocenters. The number of carbonyl (C=O) groups is 4. The lowest BCUT2D eigenvalue weighted by molar-refractivity contribution is -0.121. The summed E-state index contributed by atoms with van der Waals surface area (Å²) in [7, 11) is 0. The predicted molar refractivity (Wildman–Crippen MR) is 422 cm³/mol. The number of pyridine rings is 4. The van der Waals surface area contributed by atoms with E-state index in [-0.39, 0.29) is 64.4 Å². The number of hydrogen-bond acceptors (Lipinski definition) is 16. The molecule has 1 aliphatic carbocycles. The molecule has 0 spiro atoms. The van der Waals surface area contributed by atoms with Crippen molar-refractivity contribution in [1.82, 2.24) is 58.1 Å². The molecule has 4 amide bonds. The number of anilines is 4. The maximum atomic E-state index is 12.9. The van der Waals surface area contributed by atoms with Crippen LogP contribution in [0.2, 0.25) is 5.02 Å². The summed E-state index contributed by atoms with van der Waals surface area (Å²) in [4.78, 5) is 86.6. The Labute approximate surface area is 645 Å². The number of benzene rings is 4. The highest BCUT2D eigenvalue weighted by molar-refractivity contribution is 6.31. The largest absolute Gasteiger partial charge is 0.435 e. The van der Waals surface area contributed by atoms with Crippen molar-refractivity contribution in [3.05, 3.63) is 191 Å². The number of alkyl halides is 4. The van der Waals surface area contributed by atoms with E-state index in [2.05, 4.69) is 91.4 Å². The third-order valence-corrected chi connectivity index (χ3v) is 17.9. The first-order valence-electron chi connectivity index (χ1n) is 36.2. The molecule has 1 saturated carbocycles. The minimum atomic E-state index is -2.93. The number of imidazole rings is 4. The molecule has 0 bridgehead atoms. The zero-order valence-corrected chi connectivity index (χ0v) is 65.5. The van der Waals surface area contributed by atoms with Crippen molar-refractivity contribution in [2.75, 3.05) is 21.3 Å². The van der Waals surface area contributed by atoms with Gasteiger partial charge in [-0.25, -0.2) is 39.9 Å². The Morgan fingerprint density at radius 3 is 1.32 bits per heavy atom. The minimum Gasteiger partial charge on any atom is -0.435 e. The molecule has 1 fully saturated rings. The number of rotatable bonds is 19. The van der Waals surface area contributed by atoms with Crippen molar-refractivity contribution < 1.29 is 56.4 Å². The highest BCUT2D eigenvalue weighted by atomic mass is 35.5. The second-order valence-corrected chi connectivity index (χ2v) is 31.7. The van der Waals surface area contributed by atoms with Gasteiger partial charge in [0.2, 0.25) is 47.4 Å². The van der Waals surface area contributed by atoms with Gasteiger partial charge in [-0.05, 0) is 201 Å². The van der Waals surface area contributed by atoms with E-state index in [1.165, 1.54) is 24.3 Å². The van der Waals surface area contributed by atoms with Crippen molar-refractivity contribution in [3.63, 3.8) is 0 Å². The smallest absolute Gasteiger partial charge is 0.387 e. The van der Waals surface area contributed by atoms with Gasteiger partial charge in [-0.1, -0.05) is 102 Å². The lowest BCUT2D eigenvalue weighted by Crippen LogP contribution is -2.30. The van der Waals surface area contributed by atoms with Crippen LogP contribution in [0.25, 0.3) is 56.0 Å². The first-order chi connectivity index (χ1) is 52.2. The third kappa shape index (κ3) is 21.4. The van der Waals surface area contributed by atoms with E-state index in [1.54, 1.807) is 108 Å². The van der Waals surface area contributed by atoms with Gasteiger partial charge in [-0.3, -0.25) is 58.7 Å². The maximum Gasteiger partial charge on any atom is 0.387 e. The van der Waals surface area contributed by atoms with Crippen molar-refractivity contribution in [2.24, 2.45) is 10.8 Å². The predicted octanol–water partition coefficient (Wildman–Crippen LogP) is 17.5. The Morgan fingerprint density at radius 1 is 0.477 bits per heavy atom. The standard InChI is InChI=1S/C24H22F2N4O3.C21H23ClN4O2.C20H22F2N4O2.C17H26N4O/c1-15-8-13-19-21(27-15)30(17-9-11-18(12-10-17)33-22(25)26)23(28-19)29-20(31)14-24(2,32)16-6-4-3-5-7-16;1-13-10-17-19(23-12-13)26(14-6-5-7-14)20(24-17)25-18(27)11-21(2,28)15-8-3-4-9-16(15)22;1-12-5-10-15-17(23-12)26(13-6-8-14(9-7-13)28-18(21)22)19(24-15)25-16(27)11-20(2,3)4;1-11-8-9-12-14(18-11)21(17(5,6)7)15(19-12)20-13(22)10-16(2,3)4/h3-13,22,32H,14H2,1-2H3,(H,28,29,31);3-4,8-10,12,14,28H,5-7,11H2,1-2H3,(H,24,25,27);5-10,18H,11H2,1-4H3,(H,24,25,27);8-9H,10H2,1-7H3,(H,19,20,22)/t24-;21-;;/m00../s1. The molecule has 111 heavy (non-hydrogen) atoms. The summed E-state index contributed by atoms with van der Waals surface area (Å²) in [6.07, 6.45) is 5.50. The van der Waals surface area contributed by atoms with Crippen LogP contribution >= 0.6 is 11.6 Å². The Morgan fingerprint density at radius 2 is 0.883 bits per heavy atom. The number of nitrogens with zero attached hydrogens (tertiary/aromatic N) is 12. The molecule has 6 N–H and O–H groups in total. The first kappa shape index (κ1) is 82.3. The fourth-order valence-electron chi connectivity index (χ4n) is 12.4. The number of aromatic nitrogens is 12. The maximum absolute atomic E-state index is 12.9. The minimum absolute atomic E-state index is 0.00630. The average molecular weight is 1540 g/mol. The number of amides is 4. The number of aliphatic hydroxyl groups is 2. The molecular weight excluding hydrogens is 1450 g/mol. The van der Waals surface area contributed by atoms with E-state index in [0.29, 0.717) is 86.6 Å². The number of fused-ring (bicyclic) bond motifs is 4. The Bertz CT molecular complexity index is 5310. The quantitative estimate of drug-likeness (QED) is 0.0410. The molecule has 584 valence electrons. The molecule has 0 aliphatic heterocycles. The second kappa shape index (κ2) is 33.9. The van der Waals surface area contributed by atoms with Crippen LogP contribution in [0.1, 0.15) is 161 Å². The van der Waals surface area contributed by atoms with Crippen molar-refractivity contribution in [2.45, 2.75) is 185 Å². The van der Waals surface area contributed by atoms with Crippen molar-refractivity contribution >= 4 is 104 Å². The number of ether oxygens (including phenoxy) is 2. The summed E-state index contributed by atoms with van der Waals surface area (Å²) >= 11 is 6.20. The summed E-state index contributed by atoms with van der Waals surface area (Å²) in [6, 6.07) is 41.3. The lowest BCUT2D eigenvalue weighted by Gasteiger charge is -2.29. The van der Waals surface area contributed by atoms with Gasteiger partial charge in [0, 0.05) is 58.3 Å². The molecule has 8 heterocycles. The van der Waals surface area contributed by atoms with Crippen LogP contribution in [0.4, 0.5) is 41.4 Å². The molecule has 13 rings (SSSR count). The zero-order valence-electron chi connectivity index (χ0n) is 64.7. The number of nitrogens with one attached hydrogen (secondary N) is 4. The molecule has 0 radical (unpaired) electrons. The molecular formula is C82H93ClF4N16O8. The van der Waals surface area contributed by atoms with Crippen LogP contribution in [0.3, 0.4) is 0 Å². The van der Waals surface area contributed by atoms with Gasteiger partial charge >= 0.3 is 13.2 Å². The van der Waals surface area contributed by atoms with Gasteiger partial charge in [-0.2, -0.15) is 17.6 Å². The van der Waals surface area contributed by atoms with E-state index in [9.17, 15) is 47.0 Å². The Balaban J connectivity index is 0.000000159. The topological polar surface area (TPSA) is 298 Å². The van der Waals surface area contributed by atoms with Gasteiger partial charge in [0.15, 0.2) is 22.6 Å². The number of halogens is 5. The van der Waals surface area contributed by atoms with Gasteiger partial charge in [0.25, 0.3) is 0 Å². The van der Waals surface area contributed by atoms with Crippen LogP contribution in [0.15, 0.2) is 152 Å². The number of hydrogen-bond donors (Lipinski definition) is 6. The van der Waals surface area contributed by atoms with Crippen LogP contribution in [0.5, 0.6) is 11.5 Å². The van der Waals surface area contributed by atoms with E-state index in [1.807, 2.05) is 121 Å². The van der Waals surface area contributed by atoms with Gasteiger partial charge in [-0.15, -0.1) is 0 Å². The van der Waals surface area contributed by atoms with E-state index in [4.69, 9.17) is 11.6 Å². The number of carbonyl (C=O) groups excluding carboxylic acids is 4. The SMILES string of the molecule is Cc1ccc2nc(NC(=O)CC(C)(C)C)n(-c3ccc(OC(F)F)cc3)c2n1.Cc1ccc2nc(NC(=O)CC(C)(C)C)n(C(C)(C)C)c2n1.Cc1ccc2nc(NC(=O)C[C@](C)(O)c3ccccc3)n(-c3ccc(OC(F)F)cc3)c2n1.Cc1cnc2c(c1)nc(NC(=O)C[C@](C)(O)c1ccccc1Cl)n2C1CCC1. The summed E-state index contributed by atoms with van der Waals surface area (Å²) in [6.45, 7) is 23.2. The normalized spacial score (nSPS) is 13.6. The molecule has 1 aliphatic rings. The molecule has 4 aromatic carbocycles. The Hall–Kier alpha value is -11.2. The Kier molecular flexibility index (Phi) is 25.2. The average Bonchev–Trinajstić information content (AvgIpc) is 1.64. The third-order valence-electron chi connectivity index (χ3n) is 17.6. The van der Waals surface area contributed by atoms with E-state index < -0.39 is 30.3 Å². The zero-order chi connectivity index (χ0) is 80.7. The summed E-state index contributed by atoms with van der Waals surface area (Å²) in [5.74, 6) is 0.658. The highest BCUT2D eigenvalue weighted by Gasteiger charge is 2.33. The summed E-state index contributed by atoms with van der Waals surface area (Å²) < 4.78 is 65.9. The van der Waals surface area contributed by atoms with Crippen LogP contribution in [0, 0.1) is 38.5 Å². The van der Waals surface area contributed by atoms with Crippen LogP contribution < -0.4 is 30.7 Å². The monoisotopic (exact) mass is 1540 g/mol. The van der Waals surface area contributed by atoms with E-state index in [0.717, 1.165) is 64.2 Å². The van der Waals surface area contributed by atoms with Gasteiger partial charge in [0.1, 0.15) is 33.6 Å². The first-order valence-corrected chi connectivity index (χ1v) is 36.5. The highest BCUT2D eigenvalue weighted by Crippen LogP contribution is 2.39. The molecule has 0 saturated heterocycles. The lowest BCUT2D eigenvalue weighted by atomic mass is 9.92. The second-order valence-electron chi connectivity index (χ2n) is 31.3. The molecule has 12 aromatic rings. The van der Waals surface area contributed by atoms with Gasteiger partial charge in [0.05, 0.1) is 35.4 Å². The van der Waals surface area contributed by atoms with Gasteiger partial charge < -0.3 is 19.7 Å². The summed E-state index contributed by atoms with van der Waals surface area (Å²) in [5.41, 5.74) is 7.92. The fraction of sp³-hybridized carbons (Fsp3) is 0.366. The van der Waals surface area contributed by atoms with E-state index >= 15 is 0 Å².